The lowest BCUT2D eigenvalue weighted by atomic mass is 9.87. The second-order valence-corrected chi connectivity index (χ2v) is 7.99. The third-order valence-electron chi connectivity index (χ3n) is 5.62. The van der Waals surface area contributed by atoms with E-state index in [0.29, 0.717) is 46.8 Å². The van der Waals surface area contributed by atoms with Crippen molar-refractivity contribution in [3.05, 3.63) is 83.4 Å². The van der Waals surface area contributed by atoms with E-state index < -0.39 is 11.8 Å². The average molecular weight is 476 g/mol. The number of nitrogens with one attached hydrogen (secondary N) is 2. The zero-order valence-electron chi connectivity index (χ0n) is 20.0. The van der Waals surface area contributed by atoms with Gasteiger partial charge in [-0.05, 0) is 67.3 Å². The number of primary amides is 1. The van der Waals surface area contributed by atoms with Crippen LogP contribution in [0.3, 0.4) is 0 Å². The molecule has 1 unspecified atom stereocenters. The molecule has 35 heavy (non-hydrogen) atoms. The van der Waals surface area contributed by atoms with Crippen molar-refractivity contribution in [2.75, 3.05) is 24.9 Å². The molecule has 0 spiro atoms. The number of urea groups is 1. The number of amides is 3. The van der Waals surface area contributed by atoms with E-state index in [1.54, 1.807) is 36.4 Å². The number of carbonyl (C=O) groups excluding carboxylic acids is 3. The summed E-state index contributed by atoms with van der Waals surface area (Å²) in [5.74, 6) is -0.595. The molecule has 0 heterocycles. The summed E-state index contributed by atoms with van der Waals surface area (Å²) < 4.78 is 10.7. The highest BCUT2D eigenvalue weighted by Crippen LogP contribution is 2.36. The molecule has 8 heteroatoms. The predicted octanol–water partition coefficient (Wildman–Crippen LogP) is 4.75. The fourth-order valence-corrected chi connectivity index (χ4v) is 3.82. The molecule has 0 aliphatic rings. The molecule has 3 rings (SSSR count). The molecule has 0 aliphatic heterocycles. The molecule has 3 aromatic carbocycles. The van der Waals surface area contributed by atoms with E-state index in [9.17, 15) is 14.4 Å². The number of ketones is 1. The first-order valence-electron chi connectivity index (χ1n) is 11.1. The smallest absolute Gasteiger partial charge is 0.323 e. The molecule has 0 fully saturated rings. The molecule has 0 saturated heterocycles. The largest absolute Gasteiger partial charge is 0.493 e. The Hall–Kier alpha value is -4.33. The molecule has 0 saturated carbocycles. The Labute approximate surface area is 204 Å². The van der Waals surface area contributed by atoms with Crippen LogP contribution >= 0.6 is 0 Å². The number of hydrogen-bond donors (Lipinski definition) is 3. The van der Waals surface area contributed by atoms with Crippen molar-refractivity contribution in [1.82, 2.24) is 0 Å². The number of hydrogen-bond acceptors (Lipinski definition) is 5. The molecule has 0 aromatic heterocycles. The minimum atomic E-state index is -0.692. The summed E-state index contributed by atoms with van der Waals surface area (Å²) in [5.41, 5.74) is 8.89. The summed E-state index contributed by atoms with van der Waals surface area (Å²) in [4.78, 5) is 36.8. The number of carbonyl (C=O) groups is 3. The molecular formula is C27H29N3O5. The second kappa shape index (κ2) is 11.7. The van der Waals surface area contributed by atoms with Crippen LogP contribution < -0.4 is 25.8 Å². The van der Waals surface area contributed by atoms with Gasteiger partial charge in [-0.2, -0.15) is 0 Å². The Morgan fingerprint density at radius 3 is 1.97 bits per heavy atom. The van der Waals surface area contributed by atoms with Gasteiger partial charge < -0.3 is 25.8 Å². The van der Waals surface area contributed by atoms with E-state index >= 15 is 0 Å². The van der Waals surface area contributed by atoms with Crippen molar-refractivity contribution < 1.29 is 23.9 Å². The SMILES string of the molecule is COc1cc(C(C)=O)c(C(CCc2ccc(NC(=O)Nc3ccccc3)cc2)C(N)=O)cc1OC. The Kier molecular flexibility index (Phi) is 8.45. The topological polar surface area (TPSA) is 120 Å². The van der Waals surface area contributed by atoms with Gasteiger partial charge in [-0.25, -0.2) is 4.79 Å². The highest BCUT2D eigenvalue weighted by Gasteiger charge is 2.25. The summed E-state index contributed by atoms with van der Waals surface area (Å²) >= 11 is 0. The number of methoxy groups -OCH3 is 2. The maximum atomic E-state index is 12.4. The van der Waals surface area contributed by atoms with Gasteiger partial charge in [0, 0.05) is 16.9 Å². The molecule has 3 aromatic rings. The third-order valence-corrected chi connectivity index (χ3v) is 5.62. The van der Waals surface area contributed by atoms with Crippen molar-refractivity contribution in [3.63, 3.8) is 0 Å². The average Bonchev–Trinajstić information content (AvgIpc) is 2.85. The van der Waals surface area contributed by atoms with Crippen LogP contribution in [0.4, 0.5) is 16.2 Å². The number of para-hydroxylation sites is 1. The van der Waals surface area contributed by atoms with Gasteiger partial charge in [-0.15, -0.1) is 0 Å². The summed E-state index contributed by atoms with van der Waals surface area (Å²) in [7, 11) is 2.97. The first-order valence-corrected chi connectivity index (χ1v) is 11.1. The van der Waals surface area contributed by atoms with Crippen molar-refractivity contribution in [2.24, 2.45) is 5.73 Å². The van der Waals surface area contributed by atoms with E-state index in [1.807, 2.05) is 30.3 Å². The predicted molar refractivity (Wildman–Crippen MR) is 135 cm³/mol. The van der Waals surface area contributed by atoms with Crippen molar-refractivity contribution in [3.8, 4) is 11.5 Å². The molecular weight excluding hydrogens is 446 g/mol. The van der Waals surface area contributed by atoms with E-state index in [1.165, 1.54) is 21.1 Å². The van der Waals surface area contributed by atoms with E-state index in [4.69, 9.17) is 15.2 Å². The summed E-state index contributed by atoms with van der Waals surface area (Å²) in [5, 5.41) is 5.54. The Bertz CT molecular complexity index is 1190. The Balaban J connectivity index is 1.71. The van der Waals surface area contributed by atoms with Gasteiger partial charge in [0.05, 0.1) is 20.1 Å². The number of benzene rings is 3. The molecule has 182 valence electrons. The van der Waals surface area contributed by atoms with Crippen LogP contribution in [0, 0.1) is 0 Å². The fourth-order valence-electron chi connectivity index (χ4n) is 3.82. The minimum Gasteiger partial charge on any atom is -0.493 e. The lowest BCUT2D eigenvalue weighted by molar-refractivity contribution is -0.119. The molecule has 0 bridgehead atoms. The van der Waals surface area contributed by atoms with E-state index in [-0.39, 0.29) is 11.8 Å². The van der Waals surface area contributed by atoms with Gasteiger partial charge in [0.1, 0.15) is 0 Å². The van der Waals surface area contributed by atoms with E-state index in [0.717, 1.165) is 5.56 Å². The van der Waals surface area contributed by atoms with Gasteiger partial charge >= 0.3 is 6.03 Å². The number of ether oxygens (including phenoxy) is 2. The van der Waals surface area contributed by atoms with Crippen LogP contribution in [-0.2, 0) is 11.2 Å². The van der Waals surface area contributed by atoms with Crippen molar-refractivity contribution >= 4 is 29.1 Å². The Morgan fingerprint density at radius 1 is 0.857 bits per heavy atom. The van der Waals surface area contributed by atoms with Gasteiger partial charge in [-0.3, -0.25) is 9.59 Å². The first kappa shape index (κ1) is 25.3. The summed E-state index contributed by atoms with van der Waals surface area (Å²) in [6, 6.07) is 19.3. The van der Waals surface area contributed by atoms with Crippen molar-refractivity contribution in [1.29, 1.82) is 0 Å². The lowest BCUT2D eigenvalue weighted by Gasteiger charge is -2.19. The third kappa shape index (κ3) is 6.60. The molecule has 0 aliphatic carbocycles. The van der Waals surface area contributed by atoms with Crippen LogP contribution in [-0.4, -0.2) is 31.9 Å². The first-order chi connectivity index (χ1) is 16.8. The monoisotopic (exact) mass is 475 g/mol. The van der Waals surface area contributed by atoms with Gasteiger partial charge in [0.25, 0.3) is 0 Å². The minimum absolute atomic E-state index is 0.198. The molecule has 3 amide bonds. The maximum absolute atomic E-state index is 12.4. The maximum Gasteiger partial charge on any atom is 0.323 e. The van der Waals surface area contributed by atoms with Crippen LogP contribution in [0.15, 0.2) is 66.7 Å². The number of nitrogens with two attached hydrogens (primary N) is 1. The van der Waals surface area contributed by atoms with E-state index in [2.05, 4.69) is 10.6 Å². The number of anilines is 2. The molecule has 0 radical (unpaired) electrons. The molecule has 1 atom stereocenters. The van der Waals surface area contributed by atoms with Crippen LogP contribution in [0.25, 0.3) is 0 Å². The second-order valence-electron chi connectivity index (χ2n) is 7.99. The quantitative estimate of drug-likeness (QED) is 0.366. The number of rotatable bonds is 10. The summed E-state index contributed by atoms with van der Waals surface area (Å²) in [6.45, 7) is 1.43. The zero-order chi connectivity index (χ0) is 25.4. The zero-order valence-corrected chi connectivity index (χ0v) is 20.0. The standard InChI is InChI=1S/C27H29N3O5/c1-17(31)22-15-24(34-2)25(35-3)16-23(22)21(26(28)32)14-11-18-9-12-20(13-10-18)30-27(33)29-19-7-5-4-6-8-19/h4-10,12-13,15-16,21H,11,14H2,1-3H3,(H2,28,32)(H2,29,30,33). The molecule has 4 N–H and O–H groups in total. The Morgan fingerprint density at radius 2 is 1.43 bits per heavy atom. The fraction of sp³-hybridized carbons (Fsp3) is 0.222. The lowest BCUT2D eigenvalue weighted by Crippen LogP contribution is -2.24. The normalized spacial score (nSPS) is 11.3. The highest BCUT2D eigenvalue weighted by molar-refractivity contribution is 6.00. The highest BCUT2D eigenvalue weighted by atomic mass is 16.5. The van der Waals surface area contributed by atoms with Gasteiger partial charge in [0.15, 0.2) is 17.3 Å². The molecule has 8 nitrogen and oxygen atoms in total. The van der Waals surface area contributed by atoms with Crippen LogP contribution in [0.2, 0.25) is 0 Å². The number of aryl methyl sites for hydroxylation is 1. The van der Waals surface area contributed by atoms with Crippen LogP contribution in [0.5, 0.6) is 11.5 Å². The van der Waals surface area contributed by atoms with Crippen molar-refractivity contribution in [2.45, 2.75) is 25.7 Å². The van der Waals surface area contributed by atoms with Gasteiger partial charge in [-0.1, -0.05) is 30.3 Å². The van der Waals surface area contributed by atoms with Crippen LogP contribution in [0.1, 0.15) is 40.7 Å². The number of Topliss-reactive ketones (excluding diaryl/α,β-unsaturated/α-hetero) is 1. The summed E-state index contributed by atoms with van der Waals surface area (Å²) in [6.07, 6.45) is 0.933. The van der Waals surface area contributed by atoms with Gasteiger partial charge in [0.2, 0.25) is 5.91 Å².